The Morgan fingerprint density at radius 1 is 0.800 bits per heavy atom. The SMILES string of the molecule is O=C(O)C(O)Cc1ccc(O)cc1.O=C(O)CCc1ccc(O)cc1. The largest absolute Gasteiger partial charge is 0.508 e. The van der Waals surface area contributed by atoms with Gasteiger partial charge in [0, 0.05) is 12.8 Å². The summed E-state index contributed by atoms with van der Waals surface area (Å²) in [4.78, 5) is 20.5. The van der Waals surface area contributed by atoms with Crippen molar-refractivity contribution in [2.24, 2.45) is 0 Å². The predicted octanol–water partition coefficient (Wildman–Crippen LogP) is 1.79. The molecule has 1 unspecified atom stereocenters. The van der Waals surface area contributed by atoms with Crippen molar-refractivity contribution in [1.82, 2.24) is 0 Å². The smallest absolute Gasteiger partial charge is 0.332 e. The van der Waals surface area contributed by atoms with Crippen molar-refractivity contribution >= 4 is 11.9 Å². The van der Waals surface area contributed by atoms with Gasteiger partial charge in [-0.3, -0.25) is 4.79 Å². The Morgan fingerprint density at radius 2 is 1.24 bits per heavy atom. The average molecular weight is 348 g/mol. The Hall–Kier alpha value is -3.06. The first-order valence-electron chi connectivity index (χ1n) is 7.46. The summed E-state index contributed by atoms with van der Waals surface area (Å²) in [5.74, 6) is -1.72. The minimum atomic E-state index is -1.38. The lowest BCUT2D eigenvalue weighted by Crippen LogP contribution is -2.21. The van der Waals surface area contributed by atoms with Gasteiger partial charge in [-0.1, -0.05) is 24.3 Å². The Labute approximate surface area is 144 Å². The molecule has 0 spiro atoms. The highest BCUT2D eigenvalue weighted by molar-refractivity contribution is 5.72. The number of hydrogen-bond acceptors (Lipinski definition) is 5. The average Bonchev–Trinajstić information content (AvgIpc) is 2.57. The number of hydrogen-bond donors (Lipinski definition) is 5. The number of phenolic OH excluding ortho intramolecular Hbond substituents is 2. The minimum Gasteiger partial charge on any atom is -0.508 e. The van der Waals surface area contributed by atoms with Crippen LogP contribution in [0.4, 0.5) is 0 Å². The standard InChI is InChI=1S/C9H10O4.C9H10O3/c10-7-3-1-6(2-4-7)5-8(11)9(12)13;10-8-4-1-7(2-5-8)3-6-9(11)12/h1-4,8,10-11H,5H2,(H,12,13);1-2,4-5,10H,3,6H2,(H,11,12). The summed E-state index contributed by atoms with van der Waals surface area (Å²) in [5, 5.41) is 43.6. The fourth-order valence-corrected chi connectivity index (χ4v) is 1.86. The van der Waals surface area contributed by atoms with E-state index in [1.807, 2.05) is 0 Å². The van der Waals surface area contributed by atoms with Crippen molar-refractivity contribution < 1.29 is 35.1 Å². The number of aryl methyl sites for hydroxylation is 1. The van der Waals surface area contributed by atoms with E-state index < -0.39 is 18.0 Å². The van der Waals surface area contributed by atoms with Gasteiger partial charge in [-0.2, -0.15) is 0 Å². The molecule has 0 saturated carbocycles. The molecule has 7 nitrogen and oxygen atoms in total. The van der Waals surface area contributed by atoms with Gasteiger partial charge in [-0.25, -0.2) is 4.79 Å². The van der Waals surface area contributed by atoms with E-state index in [0.717, 1.165) is 5.56 Å². The van der Waals surface area contributed by atoms with Crippen LogP contribution in [0, 0.1) is 0 Å². The highest BCUT2D eigenvalue weighted by Gasteiger charge is 2.13. The zero-order valence-electron chi connectivity index (χ0n) is 13.4. The van der Waals surface area contributed by atoms with Crippen molar-refractivity contribution in [2.45, 2.75) is 25.4 Å². The van der Waals surface area contributed by atoms with Gasteiger partial charge in [0.2, 0.25) is 0 Å². The van der Waals surface area contributed by atoms with Crippen LogP contribution in [0.1, 0.15) is 17.5 Å². The van der Waals surface area contributed by atoms with Crippen molar-refractivity contribution in [3.05, 3.63) is 59.7 Å². The second-order valence-corrected chi connectivity index (χ2v) is 5.28. The van der Waals surface area contributed by atoms with Crippen LogP contribution in [0.5, 0.6) is 11.5 Å². The first kappa shape index (κ1) is 20.0. The summed E-state index contributed by atoms with van der Waals surface area (Å²) in [7, 11) is 0. The number of carbonyl (C=O) groups is 2. The molecule has 0 amide bonds. The highest BCUT2D eigenvalue weighted by Crippen LogP contribution is 2.11. The van der Waals surface area contributed by atoms with Gasteiger partial charge >= 0.3 is 11.9 Å². The molecule has 0 heterocycles. The number of carboxylic acid groups (broad SMARTS) is 2. The van der Waals surface area contributed by atoms with Crippen molar-refractivity contribution in [3.63, 3.8) is 0 Å². The molecule has 0 bridgehead atoms. The Balaban J connectivity index is 0.000000251. The van der Waals surface area contributed by atoms with E-state index in [9.17, 15) is 9.59 Å². The zero-order chi connectivity index (χ0) is 18.8. The van der Waals surface area contributed by atoms with Crippen LogP contribution in [0.3, 0.4) is 0 Å². The van der Waals surface area contributed by atoms with Gasteiger partial charge in [0.15, 0.2) is 6.10 Å². The quantitative estimate of drug-likeness (QED) is 0.537. The molecule has 0 aliphatic rings. The van der Waals surface area contributed by atoms with Gasteiger partial charge in [0.1, 0.15) is 11.5 Å². The zero-order valence-corrected chi connectivity index (χ0v) is 13.4. The molecule has 25 heavy (non-hydrogen) atoms. The maximum atomic E-state index is 10.3. The molecular formula is C18H20O7. The lowest BCUT2D eigenvalue weighted by molar-refractivity contribution is -0.146. The van der Waals surface area contributed by atoms with Gasteiger partial charge in [-0.15, -0.1) is 0 Å². The summed E-state index contributed by atoms with van der Waals surface area (Å²) >= 11 is 0. The van der Waals surface area contributed by atoms with Crippen molar-refractivity contribution in [3.8, 4) is 11.5 Å². The Bertz CT molecular complexity index is 678. The lowest BCUT2D eigenvalue weighted by Gasteiger charge is -2.04. The number of benzene rings is 2. The monoisotopic (exact) mass is 348 g/mol. The first-order valence-corrected chi connectivity index (χ1v) is 7.46. The van der Waals surface area contributed by atoms with E-state index in [2.05, 4.69) is 0 Å². The summed E-state index contributed by atoms with van der Waals surface area (Å²) in [5.41, 5.74) is 1.60. The maximum absolute atomic E-state index is 10.3. The number of aliphatic carboxylic acids is 2. The summed E-state index contributed by atoms with van der Waals surface area (Å²) < 4.78 is 0. The number of carboxylic acids is 2. The van der Waals surface area contributed by atoms with Crippen LogP contribution in [0.25, 0.3) is 0 Å². The number of phenols is 2. The molecule has 2 rings (SSSR count). The lowest BCUT2D eigenvalue weighted by atomic mass is 10.1. The summed E-state index contributed by atoms with van der Waals surface area (Å²) in [6.07, 6.45) is -0.694. The fourth-order valence-electron chi connectivity index (χ4n) is 1.86. The topological polar surface area (TPSA) is 135 Å². The normalized spacial score (nSPS) is 11.1. The van der Waals surface area contributed by atoms with E-state index in [0.29, 0.717) is 12.0 Å². The molecule has 0 saturated heterocycles. The van der Waals surface area contributed by atoms with Gasteiger partial charge < -0.3 is 25.5 Å². The number of aliphatic hydroxyl groups excluding tert-OH is 1. The summed E-state index contributed by atoms with van der Waals surface area (Å²) in [6.45, 7) is 0. The molecule has 2 aromatic rings. The second-order valence-electron chi connectivity index (χ2n) is 5.28. The molecule has 0 aliphatic carbocycles. The van der Waals surface area contributed by atoms with E-state index in [1.165, 1.54) is 12.1 Å². The van der Waals surface area contributed by atoms with E-state index >= 15 is 0 Å². The molecule has 5 N–H and O–H groups in total. The van der Waals surface area contributed by atoms with E-state index in [4.69, 9.17) is 25.5 Å². The third kappa shape index (κ3) is 8.38. The molecule has 0 aromatic heterocycles. The molecule has 0 fully saturated rings. The fraction of sp³-hybridized carbons (Fsp3) is 0.222. The number of aliphatic hydroxyl groups is 1. The minimum absolute atomic E-state index is 0.0512. The molecule has 0 radical (unpaired) electrons. The van der Waals surface area contributed by atoms with Gasteiger partial charge in [-0.05, 0) is 41.8 Å². The van der Waals surface area contributed by atoms with Crippen molar-refractivity contribution in [2.75, 3.05) is 0 Å². The predicted molar refractivity (Wildman–Crippen MR) is 89.5 cm³/mol. The van der Waals surface area contributed by atoms with Crippen LogP contribution in [-0.4, -0.2) is 43.6 Å². The third-order valence-electron chi connectivity index (χ3n) is 3.21. The number of rotatable bonds is 6. The van der Waals surface area contributed by atoms with E-state index in [1.54, 1.807) is 36.4 Å². The van der Waals surface area contributed by atoms with Crippen LogP contribution in [0.2, 0.25) is 0 Å². The molecule has 7 heteroatoms. The molecular weight excluding hydrogens is 328 g/mol. The van der Waals surface area contributed by atoms with Gasteiger partial charge in [0.05, 0.1) is 0 Å². The van der Waals surface area contributed by atoms with Gasteiger partial charge in [0.25, 0.3) is 0 Å². The van der Waals surface area contributed by atoms with Crippen LogP contribution >= 0.6 is 0 Å². The second kappa shape index (κ2) is 9.94. The van der Waals surface area contributed by atoms with Crippen LogP contribution in [0.15, 0.2) is 48.5 Å². The molecule has 2 aromatic carbocycles. The van der Waals surface area contributed by atoms with Crippen molar-refractivity contribution in [1.29, 1.82) is 0 Å². The third-order valence-corrected chi connectivity index (χ3v) is 3.21. The Kier molecular flexibility index (Phi) is 7.95. The molecule has 0 aliphatic heterocycles. The Morgan fingerprint density at radius 3 is 1.64 bits per heavy atom. The van der Waals surface area contributed by atoms with Crippen LogP contribution in [-0.2, 0) is 22.4 Å². The maximum Gasteiger partial charge on any atom is 0.332 e. The van der Waals surface area contributed by atoms with Crippen LogP contribution < -0.4 is 0 Å². The number of aromatic hydroxyl groups is 2. The summed E-state index contributed by atoms with van der Waals surface area (Å²) in [6, 6.07) is 12.6. The molecule has 134 valence electrons. The first-order chi connectivity index (χ1) is 11.8. The van der Waals surface area contributed by atoms with E-state index in [-0.39, 0.29) is 24.3 Å². The molecule has 1 atom stereocenters. The highest BCUT2D eigenvalue weighted by atomic mass is 16.4.